The Balaban J connectivity index is 2.29. The van der Waals surface area contributed by atoms with E-state index in [9.17, 15) is 13.6 Å². The highest BCUT2D eigenvalue weighted by atomic mass is 35.5. The number of carbonyl (C=O) groups is 1. The van der Waals surface area contributed by atoms with Gasteiger partial charge >= 0.3 is 0 Å². The van der Waals surface area contributed by atoms with Gasteiger partial charge in [0.1, 0.15) is 0 Å². The molecule has 1 amide bonds. The quantitative estimate of drug-likeness (QED) is 0.840. The van der Waals surface area contributed by atoms with E-state index in [1.807, 2.05) is 0 Å². The molecule has 116 valence electrons. The van der Waals surface area contributed by atoms with Crippen LogP contribution in [0.3, 0.4) is 0 Å². The molecule has 0 atom stereocenters. The van der Waals surface area contributed by atoms with Crippen LogP contribution < -0.4 is 5.32 Å². The van der Waals surface area contributed by atoms with Crippen molar-refractivity contribution in [2.24, 2.45) is 0 Å². The van der Waals surface area contributed by atoms with Crippen molar-refractivity contribution in [2.45, 2.75) is 19.4 Å². The van der Waals surface area contributed by atoms with E-state index in [4.69, 9.17) is 23.2 Å². The van der Waals surface area contributed by atoms with E-state index < -0.39 is 23.1 Å². The summed E-state index contributed by atoms with van der Waals surface area (Å²) >= 11 is 11.8. The van der Waals surface area contributed by atoms with Crippen molar-refractivity contribution < 1.29 is 13.6 Å². The molecule has 22 heavy (non-hydrogen) atoms. The van der Waals surface area contributed by atoms with Gasteiger partial charge < -0.3 is 5.32 Å². The topological polar surface area (TPSA) is 29.1 Å². The minimum Gasteiger partial charge on any atom is -0.343 e. The van der Waals surface area contributed by atoms with E-state index in [0.29, 0.717) is 15.6 Å². The van der Waals surface area contributed by atoms with Crippen LogP contribution in [0.5, 0.6) is 0 Å². The van der Waals surface area contributed by atoms with Crippen LogP contribution in [0.4, 0.5) is 8.78 Å². The molecule has 0 heterocycles. The van der Waals surface area contributed by atoms with Crippen LogP contribution in [0.25, 0.3) is 0 Å². The van der Waals surface area contributed by atoms with E-state index >= 15 is 0 Å². The number of benzene rings is 2. The summed E-state index contributed by atoms with van der Waals surface area (Å²) in [4.78, 5) is 12.2. The molecule has 2 aromatic rings. The van der Waals surface area contributed by atoms with Crippen molar-refractivity contribution in [1.82, 2.24) is 5.32 Å². The maximum atomic E-state index is 13.7. The molecule has 0 unspecified atom stereocenters. The van der Waals surface area contributed by atoms with Gasteiger partial charge in [0.2, 0.25) is 0 Å². The van der Waals surface area contributed by atoms with Crippen LogP contribution in [-0.4, -0.2) is 5.91 Å². The second-order valence-electron chi connectivity index (χ2n) is 5.31. The lowest BCUT2D eigenvalue weighted by Gasteiger charge is -2.27. The molecule has 0 aromatic heterocycles. The first-order valence-corrected chi connectivity index (χ1v) is 7.20. The molecule has 0 aliphatic carbocycles. The second kappa shape index (κ2) is 6.23. The standard InChI is InChI=1S/C16H13Cl2F2NO/c1-16(2,9-6-7-11(17)12(18)8-9)21-15(22)10-4-3-5-13(19)14(10)20/h3-8H,1-2H3,(H,21,22). The molecule has 0 fully saturated rings. The summed E-state index contributed by atoms with van der Waals surface area (Å²) in [6.45, 7) is 3.45. The zero-order valence-electron chi connectivity index (χ0n) is 11.9. The van der Waals surface area contributed by atoms with E-state index in [1.165, 1.54) is 12.1 Å². The molecule has 0 aliphatic heterocycles. The number of halogens is 4. The Labute approximate surface area is 137 Å². The normalized spacial score (nSPS) is 11.4. The largest absolute Gasteiger partial charge is 0.343 e. The van der Waals surface area contributed by atoms with Crippen molar-refractivity contribution in [3.8, 4) is 0 Å². The lowest BCUT2D eigenvalue weighted by atomic mass is 9.94. The first-order chi connectivity index (χ1) is 10.2. The summed E-state index contributed by atoms with van der Waals surface area (Å²) in [7, 11) is 0. The zero-order chi connectivity index (χ0) is 16.5. The third-order valence-corrected chi connectivity index (χ3v) is 4.00. The van der Waals surface area contributed by atoms with Crippen LogP contribution in [0.2, 0.25) is 10.0 Å². The van der Waals surface area contributed by atoms with Crippen LogP contribution in [0, 0.1) is 11.6 Å². The monoisotopic (exact) mass is 343 g/mol. The molecule has 1 N–H and O–H groups in total. The number of hydrogen-bond acceptors (Lipinski definition) is 1. The summed E-state index contributed by atoms with van der Waals surface area (Å²) in [6, 6.07) is 8.38. The smallest absolute Gasteiger partial charge is 0.255 e. The highest BCUT2D eigenvalue weighted by Crippen LogP contribution is 2.28. The number of rotatable bonds is 3. The molecule has 2 nitrogen and oxygen atoms in total. The minimum atomic E-state index is -1.18. The second-order valence-corrected chi connectivity index (χ2v) is 6.12. The molecule has 0 aliphatic rings. The zero-order valence-corrected chi connectivity index (χ0v) is 13.4. The maximum Gasteiger partial charge on any atom is 0.255 e. The molecule has 0 radical (unpaired) electrons. The molecular weight excluding hydrogens is 331 g/mol. The van der Waals surface area contributed by atoms with Crippen LogP contribution in [-0.2, 0) is 5.54 Å². The fraction of sp³-hybridized carbons (Fsp3) is 0.188. The fourth-order valence-corrected chi connectivity index (χ4v) is 2.29. The Morgan fingerprint density at radius 3 is 2.41 bits per heavy atom. The van der Waals surface area contributed by atoms with Crippen molar-refractivity contribution in [2.75, 3.05) is 0 Å². The highest BCUT2D eigenvalue weighted by molar-refractivity contribution is 6.42. The summed E-state index contributed by atoms with van der Waals surface area (Å²) in [6.07, 6.45) is 0. The van der Waals surface area contributed by atoms with Crippen molar-refractivity contribution in [1.29, 1.82) is 0 Å². The van der Waals surface area contributed by atoms with Crippen molar-refractivity contribution in [3.63, 3.8) is 0 Å². The van der Waals surface area contributed by atoms with Gasteiger partial charge in [-0.05, 0) is 43.7 Å². The van der Waals surface area contributed by atoms with Gasteiger partial charge in [-0.15, -0.1) is 0 Å². The third-order valence-electron chi connectivity index (χ3n) is 3.26. The first-order valence-electron chi connectivity index (χ1n) is 6.44. The molecule has 0 bridgehead atoms. The predicted molar refractivity (Wildman–Crippen MR) is 83.3 cm³/mol. The third kappa shape index (κ3) is 3.39. The highest BCUT2D eigenvalue weighted by Gasteiger charge is 2.26. The number of amides is 1. The Bertz CT molecular complexity index is 732. The van der Waals surface area contributed by atoms with Gasteiger partial charge in [0, 0.05) is 0 Å². The fourth-order valence-electron chi connectivity index (χ4n) is 1.99. The molecule has 0 saturated carbocycles. The molecule has 0 saturated heterocycles. The van der Waals surface area contributed by atoms with E-state index in [0.717, 1.165) is 6.07 Å². The Morgan fingerprint density at radius 2 is 1.77 bits per heavy atom. The first kappa shape index (κ1) is 16.7. The molecule has 2 aromatic carbocycles. The van der Waals surface area contributed by atoms with E-state index in [2.05, 4.69) is 5.32 Å². The van der Waals surface area contributed by atoms with E-state index in [-0.39, 0.29) is 5.56 Å². The van der Waals surface area contributed by atoms with Gasteiger partial charge in [0.15, 0.2) is 11.6 Å². The number of hydrogen-bond donors (Lipinski definition) is 1. The summed E-state index contributed by atoms with van der Waals surface area (Å²) in [5.41, 5.74) is -0.510. The predicted octanol–water partition coefficient (Wildman–Crippen LogP) is 4.94. The SMILES string of the molecule is CC(C)(NC(=O)c1cccc(F)c1F)c1ccc(Cl)c(Cl)c1. The van der Waals surface area contributed by atoms with Crippen LogP contribution in [0.1, 0.15) is 29.8 Å². The van der Waals surface area contributed by atoms with Gasteiger partial charge in [-0.25, -0.2) is 8.78 Å². The summed E-state index contributed by atoms with van der Waals surface area (Å²) in [5, 5.41) is 3.39. The molecular formula is C16H13Cl2F2NO. The Hall–Kier alpha value is -1.65. The lowest BCUT2D eigenvalue weighted by Crippen LogP contribution is -2.41. The lowest BCUT2D eigenvalue weighted by molar-refractivity contribution is 0.0907. The van der Waals surface area contributed by atoms with E-state index in [1.54, 1.807) is 32.0 Å². The average molecular weight is 344 g/mol. The van der Waals surface area contributed by atoms with Gasteiger partial charge in [-0.3, -0.25) is 4.79 Å². The van der Waals surface area contributed by atoms with Gasteiger partial charge in [-0.2, -0.15) is 0 Å². The van der Waals surface area contributed by atoms with Gasteiger partial charge in [-0.1, -0.05) is 35.3 Å². The maximum absolute atomic E-state index is 13.7. The Kier molecular flexibility index (Phi) is 4.73. The molecule has 6 heteroatoms. The summed E-state index contributed by atoms with van der Waals surface area (Å²) in [5.74, 6) is -2.96. The molecule has 0 spiro atoms. The van der Waals surface area contributed by atoms with Gasteiger partial charge in [0.05, 0.1) is 21.1 Å². The average Bonchev–Trinajstić information content (AvgIpc) is 2.44. The number of nitrogens with one attached hydrogen (secondary N) is 1. The van der Waals surface area contributed by atoms with Crippen LogP contribution in [0.15, 0.2) is 36.4 Å². The minimum absolute atomic E-state index is 0.346. The van der Waals surface area contributed by atoms with Gasteiger partial charge in [0.25, 0.3) is 5.91 Å². The number of carbonyl (C=O) groups excluding carboxylic acids is 1. The van der Waals surface area contributed by atoms with Crippen molar-refractivity contribution >= 4 is 29.1 Å². The Morgan fingerprint density at radius 1 is 1.09 bits per heavy atom. The summed E-state index contributed by atoms with van der Waals surface area (Å²) < 4.78 is 26.9. The van der Waals surface area contributed by atoms with Crippen LogP contribution >= 0.6 is 23.2 Å². The van der Waals surface area contributed by atoms with Crippen molar-refractivity contribution in [3.05, 3.63) is 69.2 Å². The molecule has 2 rings (SSSR count).